The summed E-state index contributed by atoms with van der Waals surface area (Å²) in [6.45, 7) is 11.1. The van der Waals surface area contributed by atoms with E-state index in [1.165, 1.54) is 5.56 Å². The van der Waals surface area contributed by atoms with Gasteiger partial charge in [-0.3, -0.25) is 4.98 Å². The molecule has 0 amide bonds. The predicted molar refractivity (Wildman–Crippen MR) is 116 cm³/mol. The fourth-order valence-electron chi connectivity index (χ4n) is 3.03. The molecule has 2 heteroatoms. The molecule has 0 aliphatic carbocycles. The number of hydrogen-bond donors (Lipinski definition) is 0. The third-order valence-corrected chi connectivity index (χ3v) is 6.65. The highest BCUT2D eigenvalue weighted by Crippen LogP contribution is 2.23. The third kappa shape index (κ3) is 4.31. The Labute approximate surface area is 162 Å². The molecule has 0 fully saturated rings. The summed E-state index contributed by atoms with van der Waals surface area (Å²) in [6.07, 6.45) is 0.348. The van der Waals surface area contributed by atoms with Gasteiger partial charge in [-0.05, 0) is 40.2 Å². The molecule has 0 N–H and O–H groups in total. The highest BCUT2D eigenvalue weighted by atomic mass is 28.3. The molecule has 0 aliphatic rings. The molecule has 0 spiro atoms. The first-order valence-corrected chi connectivity index (χ1v) is 12.8. The number of benzene rings is 2. The van der Waals surface area contributed by atoms with Crippen molar-refractivity contribution in [2.75, 3.05) is 0 Å². The lowest BCUT2D eigenvalue weighted by Crippen LogP contribution is -2.40. The van der Waals surface area contributed by atoms with Crippen molar-refractivity contribution in [2.45, 2.75) is 45.8 Å². The van der Waals surface area contributed by atoms with Crippen LogP contribution in [0.1, 0.15) is 39.2 Å². The van der Waals surface area contributed by atoms with Gasteiger partial charge >= 0.3 is 0 Å². The minimum atomic E-state index is -1.77. The maximum atomic E-state index is 8.94. The largest absolute Gasteiger partial charge is 0.256 e. The Hall–Kier alpha value is -2.19. The molecule has 3 aromatic rings. The average Bonchev–Trinajstić information content (AvgIpc) is 2.67. The van der Waals surface area contributed by atoms with Gasteiger partial charge in [0.2, 0.25) is 0 Å². The SMILES string of the molecule is [2H]C([2H])(c1ccccc1)c1cc(-c2ccc(C(C)C)cc2)ncc1[Si](C)(C)C. The van der Waals surface area contributed by atoms with Crippen LogP contribution in [0.3, 0.4) is 0 Å². The first-order valence-electron chi connectivity index (χ1n) is 10.3. The van der Waals surface area contributed by atoms with Crippen LogP contribution in [0.4, 0.5) is 0 Å². The Morgan fingerprint density at radius 1 is 0.962 bits per heavy atom. The maximum absolute atomic E-state index is 8.94. The van der Waals surface area contributed by atoms with E-state index in [2.05, 4.69) is 57.8 Å². The first kappa shape index (κ1) is 16.0. The van der Waals surface area contributed by atoms with Gasteiger partial charge in [0.05, 0.1) is 13.8 Å². The van der Waals surface area contributed by atoms with Gasteiger partial charge in [-0.15, -0.1) is 0 Å². The molecule has 1 nitrogen and oxygen atoms in total. The third-order valence-electron chi connectivity index (χ3n) is 4.64. The van der Waals surface area contributed by atoms with Gasteiger partial charge in [0, 0.05) is 14.5 Å². The van der Waals surface area contributed by atoms with E-state index in [9.17, 15) is 0 Å². The summed E-state index contributed by atoms with van der Waals surface area (Å²) in [7, 11) is -1.77. The summed E-state index contributed by atoms with van der Waals surface area (Å²) < 4.78 is 17.9. The lowest BCUT2D eigenvalue weighted by atomic mass is 9.99. The molecule has 134 valence electrons. The fourth-order valence-corrected chi connectivity index (χ4v) is 4.42. The molecule has 1 aromatic heterocycles. The Bertz CT molecular complexity index is 943. The molecular formula is C24H29NSi. The predicted octanol–water partition coefficient (Wildman–Crippen LogP) is 6.01. The zero-order chi connectivity index (χ0) is 20.5. The summed E-state index contributed by atoms with van der Waals surface area (Å²) in [4.78, 5) is 4.73. The Morgan fingerprint density at radius 3 is 2.19 bits per heavy atom. The molecule has 3 rings (SSSR count). The molecule has 0 aliphatic heterocycles. The molecule has 26 heavy (non-hydrogen) atoms. The van der Waals surface area contributed by atoms with Crippen molar-refractivity contribution in [3.05, 3.63) is 83.6 Å². The van der Waals surface area contributed by atoms with E-state index < -0.39 is 14.4 Å². The summed E-state index contributed by atoms with van der Waals surface area (Å²) in [5.74, 6) is 0.485. The Balaban J connectivity index is 2.15. The molecule has 0 saturated carbocycles. The van der Waals surface area contributed by atoms with Crippen LogP contribution in [-0.2, 0) is 6.37 Å². The van der Waals surface area contributed by atoms with Gasteiger partial charge in [0.1, 0.15) is 0 Å². The van der Waals surface area contributed by atoms with Crippen molar-refractivity contribution in [2.24, 2.45) is 0 Å². The van der Waals surface area contributed by atoms with E-state index in [0.717, 1.165) is 22.0 Å². The number of rotatable bonds is 5. The lowest BCUT2D eigenvalue weighted by Gasteiger charge is -2.21. The number of pyridine rings is 1. The highest BCUT2D eigenvalue weighted by Gasteiger charge is 2.21. The van der Waals surface area contributed by atoms with Crippen LogP contribution in [0, 0.1) is 0 Å². The van der Waals surface area contributed by atoms with Gasteiger partial charge < -0.3 is 0 Å². The molecule has 2 aromatic carbocycles. The number of nitrogens with zero attached hydrogens (tertiary/aromatic N) is 1. The van der Waals surface area contributed by atoms with Crippen LogP contribution in [0.25, 0.3) is 11.3 Å². The molecule has 0 unspecified atom stereocenters. The van der Waals surface area contributed by atoms with Crippen LogP contribution in [-0.4, -0.2) is 13.1 Å². The van der Waals surface area contributed by atoms with Gasteiger partial charge in [0.25, 0.3) is 0 Å². The smallest absolute Gasteiger partial charge is 0.0799 e. The van der Waals surface area contributed by atoms with Crippen LogP contribution in [0.15, 0.2) is 66.9 Å². The Morgan fingerprint density at radius 2 is 1.62 bits per heavy atom. The monoisotopic (exact) mass is 361 g/mol. The van der Waals surface area contributed by atoms with Crippen molar-refractivity contribution < 1.29 is 2.74 Å². The number of aromatic nitrogens is 1. The molecule has 0 bridgehead atoms. The summed E-state index contributed by atoms with van der Waals surface area (Å²) in [5.41, 5.74) is 4.57. The summed E-state index contributed by atoms with van der Waals surface area (Å²) >= 11 is 0. The second-order valence-corrected chi connectivity index (χ2v) is 13.2. The quantitative estimate of drug-likeness (QED) is 0.507. The molecule has 1 heterocycles. The second kappa shape index (κ2) is 7.59. The maximum Gasteiger partial charge on any atom is 0.0799 e. The fraction of sp³-hybridized carbons (Fsp3) is 0.292. The topological polar surface area (TPSA) is 12.9 Å². The van der Waals surface area contributed by atoms with Gasteiger partial charge in [-0.1, -0.05) is 88.1 Å². The number of hydrogen-bond acceptors (Lipinski definition) is 1. The van der Waals surface area contributed by atoms with E-state index >= 15 is 0 Å². The first-order chi connectivity index (χ1) is 13.1. The zero-order valence-electron chi connectivity index (χ0n) is 18.4. The summed E-state index contributed by atoms with van der Waals surface area (Å²) in [5, 5.41) is 1.07. The van der Waals surface area contributed by atoms with E-state index in [-0.39, 0.29) is 0 Å². The molecule has 0 atom stereocenters. The zero-order valence-corrected chi connectivity index (χ0v) is 17.4. The summed E-state index contributed by atoms with van der Waals surface area (Å²) in [6, 6.07) is 19.9. The van der Waals surface area contributed by atoms with E-state index in [0.29, 0.717) is 11.5 Å². The molecule has 0 radical (unpaired) electrons. The van der Waals surface area contributed by atoms with Crippen molar-refractivity contribution in [3.63, 3.8) is 0 Å². The van der Waals surface area contributed by atoms with E-state index in [1.807, 2.05) is 42.6 Å². The average molecular weight is 362 g/mol. The van der Waals surface area contributed by atoms with Crippen molar-refractivity contribution >= 4 is 13.3 Å². The second-order valence-electron chi connectivity index (χ2n) is 8.13. The van der Waals surface area contributed by atoms with Crippen LogP contribution in [0.2, 0.25) is 19.6 Å². The van der Waals surface area contributed by atoms with Crippen molar-refractivity contribution in [1.29, 1.82) is 0 Å². The standard InChI is InChI=1S/C24H29NSi/c1-18(2)20-11-13-21(14-12-20)23-16-22(15-19-9-7-6-8-10-19)24(17-25-23)26(3,4)5/h6-14,16-18H,15H2,1-5H3/i15D2. The highest BCUT2D eigenvalue weighted by molar-refractivity contribution is 6.89. The normalized spacial score (nSPS) is 13.5. The van der Waals surface area contributed by atoms with E-state index in [4.69, 9.17) is 7.73 Å². The molecule has 0 saturated heterocycles. The minimum absolute atomic E-state index is 0.485. The van der Waals surface area contributed by atoms with Crippen LogP contribution < -0.4 is 5.19 Å². The van der Waals surface area contributed by atoms with Gasteiger partial charge in [-0.25, -0.2) is 0 Å². The van der Waals surface area contributed by atoms with Crippen molar-refractivity contribution in [3.8, 4) is 11.3 Å². The van der Waals surface area contributed by atoms with Crippen LogP contribution in [0.5, 0.6) is 0 Å². The van der Waals surface area contributed by atoms with Crippen LogP contribution >= 0.6 is 0 Å². The van der Waals surface area contributed by atoms with Crippen molar-refractivity contribution in [1.82, 2.24) is 4.98 Å². The van der Waals surface area contributed by atoms with E-state index in [1.54, 1.807) is 0 Å². The van der Waals surface area contributed by atoms with Gasteiger partial charge in [0.15, 0.2) is 0 Å². The lowest BCUT2D eigenvalue weighted by molar-refractivity contribution is 0.867. The minimum Gasteiger partial charge on any atom is -0.256 e. The molecular weight excluding hydrogens is 330 g/mol. The Kier molecular flexibility index (Phi) is 4.67. The van der Waals surface area contributed by atoms with Gasteiger partial charge in [-0.2, -0.15) is 0 Å².